The topological polar surface area (TPSA) is 102 Å². The molecule has 2 aromatic carbocycles. The van der Waals surface area contributed by atoms with E-state index in [9.17, 15) is 19.7 Å². The third-order valence-electron chi connectivity index (χ3n) is 4.01. The molecular weight excluding hydrogens is 348 g/mol. The average molecular weight is 364 g/mol. The summed E-state index contributed by atoms with van der Waals surface area (Å²) in [5.74, 6) is 0.0312. The Hall–Kier alpha value is -3.74. The van der Waals surface area contributed by atoms with Gasteiger partial charge in [-0.2, -0.15) is 0 Å². The molecule has 7 nitrogen and oxygen atoms in total. The Bertz CT molecular complexity index is 1030. The van der Waals surface area contributed by atoms with Gasteiger partial charge in [-0.3, -0.25) is 19.7 Å². The van der Waals surface area contributed by atoms with Gasteiger partial charge >= 0.3 is 0 Å². The number of Topliss-reactive ketones (excluding diaryl/α,β-unsaturated/α-hetero) is 1. The van der Waals surface area contributed by atoms with Gasteiger partial charge in [0.1, 0.15) is 5.76 Å². The predicted octanol–water partition coefficient (Wildman–Crippen LogP) is 4.62. The number of amides is 1. The van der Waals surface area contributed by atoms with Gasteiger partial charge in [-0.15, -0.1) is 0 Å². The number of non-ortho nitro benzene ring substituents is 1. The lowest BCUT2D eigenvalue weighted by atomic mass is 10.1. The zero-order valence-electron chi connectivity index (χ0n) is 14.7. The Morgan fingerprint density at radius 3 is 2.41 bits per heavy atom. The Morgan fingerprint density at radius 1 is 1.07 bits per heavy atom. The molecule has 0 spiro atoms. The number of nitrogens with zero attached hydrogens (tertiary/aromatic N) is 1. The largest absolute Gasteiger partial charge is 0.451 e. The van der Waals surface area contributed by atoms with E-state index in [1.54, 1.807) is 49.4 Å². The number of carbonyl (C=O) groups is 2. The Morgan fingerprint density at radius 2 is 1.78 bits per heavy atom. The number of furan rings is 1. The van der Waals surface area contributed by atoms with Crippen molar-refractivity contribution in [2.45, 2.75) is 13.8 Å². The number of nitro benzene ring substituents is 1. The summed E-state index contributed by atoms with van der Waals surface area (Å²) >= 11 is 0. The van der Waals surface area contributed by atoms with E-state index in [4.69, 9.17) is 4.42 Å². The fourth-order valence-corrected chi connectivity index (χ4v) is 2.60. The molecule has 136 valence electrons. The molecule has 0 unspecified atom stereocenters. The highest BCUT2D eigenvalue weighted by molar-refractivity contribution is 6.04. The second kappa shape index (κ2) is 7.25. The van der Waals surface area contributed by atoms with Crippen molar-refractivity contribution >= 4 is 23.1 Å². The molecule has 0 bridgehead atoms. The van der Waals surface area contributed by atoms with E-state index < -0.39 is 10.8 Å². The fraction of sp³-hybridized carbons (Fsp3) is 0.100. The number of aryl methyl sites for hydroxylation is 1. The number of anilines is 1. The summed E-state index contributed by atoms with van der Waals surface area (Å²) in [4.78, 5) is 34.2. The summed E-state index contributed by atoms with van der Waals surface area (Å²) in [6.45, 7) is 3.19. The minimum atomic E-state index is -0.481. The summed E-state index contributed by atoms with van der Waals surface area (Å²) in [5, 5.41) is 13.5. The van der Waals surface area contributed by atoms with E-state index in [2.05, 4.69) is 5.32 Å². The third-order valence-corrected chi connectivity index (χ3v) is 4.01. The van der Waals surface area contributed by atoms with E-state index in [1.807, 2.05) is 0 Å². The van der Waals surface area contributed by atoms with Crippen LogP contribution in [0.2, 0.25) is 0 Å². The van der Waals surface area contributed by atoms with Gasteiger partial charge in [-0.1, -0.05) is 12.1 Å². The molecule has 7 heteroatoms. The maximum Gasteiger partial charge on any atom is 0.291 e. The molecule has 3 rings (SSSR count). The van der Waals surface area contributed by atoms with Gasteiger partial charge in [0.05, 0.1) is 4.92 Å². The van der Waals surface area contributed by atoms with E-state index in [-0.39, 0.29) is 17.2 Å². The van der Waals surface area contributed by atoms with Crippen molar-refractivity contribution in [1.29, 1.82) is 0 Å². The molecule has 1 amide bonds. The lowest BCUT2D eigenvalue weighted by Gasteiger charge is -2.05. The summed E-state index contributed by atoms with van der Waals surface area (Å²) in [6.07, 6.45) is 0. The molecule has 1 N–H and O–H groups in total. The van der Waals surface area contributed by atoms with Crippen LogP contribution in [0.15, 0.2) is 59.0 Å². The zero-order chi connectivity index (χ0) is 19.6. The number of benzene rings is 2. The van der Waals surface area contributed by atoms with Crippen LogP contribution in [0.5, 0.6) is 0 Å². The first-order chi connectivity index (χ1) is 12.8. The van der Waals surface area contributed by atoms with Crippen LogP contribution >= 0.6 is 0 Å². The number of rotatable bonds is 5. The first kappa shape index (κ1) is 18.1. The molecule has 0 fully saturated rings. The minimum Gasteiger partial charge on any atom is -0.451 e. The third kappa shape index (κ3) is 3.92. The smallest absolute Gasteiger partial charge is 0.291 e. The number of carbonyl (C=O) groups excluding carboxylic acids is 2. The van der Waals surface area contributed by atoms with Gasteiger partial charge < -0.3 is 9.73 Å². The molecule has 27 heavy (non-hydrogen) atoms. The molecule has 3 aromatic rings. The van der Waals surface area contributed by atoms with E-state index in [0.717, 1.165) is 0 Å². The summed E-state index contributed by atoms with van der Waals surface area (Å²) in [7, 11) is 0. The molecular formula is C20H16N2O5. The first-order valence-electron chi connectivity index (χ1n) is 8.13. The van der Waals surface area contributed by atoms with Gasteiger partial charge in [0.25, 0.3) is 11.6 Å². The molecule has 0 radical (unpaired) electrons. The number of nitro groups is 1. The standard InChI is InChI=1S/C20H16N2O5/c1-12-10-18(14-6-8-17(9-7-14)22(25)26)27-19(12)20(24)21-16-5-3-4-15(11-16)13(2)23/h3-11H,1-2H3,(H,21,24). The van der Waals surface area contributed by atoms with Crippen LogP contribution in [0.3, 0.4) is 0 Å². The van der Waals surface area contributed by atoms with Crippen LogP contribution in [-0.4, -0.2) is 16.6 Å². The highest BCUT2D eigenvalue weighted by Gasteiger charge is 2.18. The van der Waals surface area contributed by atoms with Crippen molar-refractivity contribution in [1.82, 2.24) is 0 Å². The molecule has 0 aliphatic carbocycles. The quantitative estimate of drug-likeness (QED) is 0.404. The van der Waals surface area contributed by atoms with Crippen LogP contribution in [0.4, 0.5) is 11.4 Å². The predicted molar refractivity (Wildman–Crippen MR) is 99.9 cm³/mol. The van der Waals surface area contributed by atoms with Gasteiger partial charge in [0.15, 0.2) is 11.5 Å². The second-order valence-electron chi connectivity index (χ2n) is 6.02. The first-order valence-corrected chi connectivity index (χ1v) is 8.13. The lowest BCUT2D eigenvalue weighted by Crippen LogP contribution is -2.12. The maximum atomic E-state index is 12.5. The zero-order valence-corrected chi connectivity index (χ0v) is 14.7. The molecule has 0 saturated heterocycles. The van der Waals surface area contributed by atoms with Gasteiger partial charge in [-0.05, 0) is 44.2 Å². The summed E-state index contributed by atoms with van der Waals surface area (Å²) in [6, 6.07) is 14.2. The highest BCUT2D eigenvalue weighted by Crippen LogP contribution is 2.27. The number of hydrogen-bond acceptors (Lipinski definition) is 5. The van der Waals surface area contributed by atoms with Crippen molar-refractivity contribution < 1.29 is 18.9 Å². The van der Waals surface area contributed by atoms with Crippen molar-refractivity contribution in [3.63, 3.8) is 0 Å². The van der Waals surface area contributed by atoms with E-state index in [0.29, 0.717) is 28.1 Å². The number of hydrogen-bond donors (Lipinski definition) is 1. The van der Waals surface area contributed by atoms with Crippen molar-refractivity contribution in [3.05, 3.63) is 81.6 Å². The SMILES string of the molecule is CC(=O)c1cccc(NC(=O)c2oc(-c3ccc([N+](=O)[O-])cc3)cc2C)c1. The Balaban J connectivity index is 1.83. The van der Waals surface area contributed by atoms with Gasteiger partial charge in [-0.25, -0.2) is 0 Å². The van der Waals surface area contributed by atoms with Crippen molar-refractivity contribution in [2.24, 2.45) is 0 Å². The second-order valence-corrected chi connectivity index (χ2v) is 6.02. The Kier molecular flexibility index (Phi) is 4.85. The lowest BCUT2D eigenvalue weighted by molar-refractivity contribution is -0.384. The van der Waals surface area contributed by atoms with Crippen LogP contribution in [0.25, 0.3) is 11.3 Å². The summed E-state index contributed by atoms with van der Waals surface area (Å²) in [5.41, 5.74) is 2.21. The van der Waals surface area contributed by atoms with Crippen LogP contribution in [0.1, 0.15) is 33.4 Å². The molecule has 1 aromatic heterocycles. The van der Waals surface area contributed by atoms with Crippen LogP contribution in [0, 0.1) is 17.0 Å². The molecule has 0 aliphatic rings. The molecule has 1 heterocycles. The van der Waals surface area contributed by atoms with Gasteiger partial charge in [0, 0.05) is 34.5 Å². The Labute approximate surface area is 154 Å². The minimum absolute atomic E-state index is 0.0228. The molecule has 0 atom stereocenters. The molecule has 0 saturated carbocycles. The summed E-state index contributed by atoms with van der Waals surface area (Å²) < 4.78 is 5.66. The number of nitrogens with one attached hydrogen (secondary N) is 1. The maximum absolute atomic E-state index is 12.5. The van der Waals surface area contributed by atoms with E-state index >= 15 is 0 Å². The van der Waals surface area contributed by atoms with Crippen LogP contribution < -0.4 is 5.32 Å². The highest BCUT2D eigenvalue weighted by atomic mass is 16.6. The van der Waals surface area contributed by atoms with E-state index in [1.165, 1.54) is 19.1 Å². The number of ketones is 1. The molecule has 0 aliphatic heterocycles. The fourth-order valence-electron chi connectivity index (χ4n) is 2.60. The van der Waals surface area contributed by atoms with Crippen LogP contribution in [-0.2, 0) is 0 Å². The van der Waals surface area contributed by atoms with Gasteiger partial charge in [0.2, 0.25) is 0 Å². The van der Waals surface area contributed by atoms with Crippen molar-refractivity contribution in [2.75, 3.05) is 5.32 Å². The normalized spacial score (nSPS) is 10.4. The average Bonchev–Trinajstić information content (AvgIpc) is 3.04. The monoisotopic (exact) mass is 364 g/mol. The van der Waals surface area contributed by atoms with Crippen molar-refractivity contribution in [3.8, 4) is 11.3 Å².